The van der Waals surface area contributed by atoms with E-state index in [0.717, 1.165) is 9.35 Å². The Balaban J connectivity index is 2.16. The van der Waals surface area contributed by atoms with Crippen LogP contribution in [0.2, 0.25) is 0 Å². The van der Waals surface area contributed by atoms with Crippen LogP contribution in [-0.4, -0.2) is 54.8 Å². The van der Waals surface area contributed by atoms with Crippen LogP contribution in [0, 0.1) is 6.92 Å². The number of thiophene rings is 1. The van der Waals surface area contributed by atoms with Crippen molar-refractivity contribution in [1.82, 2.24) is 4.90 Å². The number of halogens is 1. The number of carbonyl (C=O) groups excluding carboxylic acids is 1. The van der Waals surface area contributed by atoms with Crippen LogP contribution in [0.4, 0.5) is 0 Å². The molecule has 1 saturated heterocycles. The summed E-state index contributed by atoms with van der Waals surface area (Å²) < 4.78 is 11.5. The van der Waals surface area contributed by atoms with E-state index in [1.54, 1.807) is 4.90 Å². The van der Waals surface area contributed by atoms with Gasteiger partial charge in [0.2, 0.25) is 0 Å². The van der Waals surface area contributed by atoms with Crippen LogP contribution in [0.25, 0.3) is 0 Å². The fraction of sp³-hybridized carbons (Fsp3) is 0.538. The summed E-state index contributed by atoms with van der Waals surface area (Å²) in [5.41, 5.74) is 0. The smallest absolute Gasteiger partial charge is 0.306 e. The van der Waals surface area contributed by atoms with Gasteiger partial charge in [-0.15, -0.1) is 11.3 Å². The van der Waals surface area contributed by atoms with Crippen molar-refractivity contribution in [2.45, 2.75) is 19.4 Å². The topological polar surface area (TPSA) is 76.1 Å². The molecule has 1 fully saturated rings. The molecular weight excluding hydrogens is 362 g/mol. The van der Waals surface area contributed by atoms with Crippen molar-refractivity contribution in [2.24, 2.45) is 0 Å². The summed E-state index contributed by atoms with van der Waals surface area (Å²) in [5, 5.41) is 8.82. The van der Waals surface area contributed by atoms with Crippen molar-refractivity contribution in [3.8, 4) is 5.75 Å². The predicted molar refractivity (Wildman–Crippen MR) is 81.2 cm³/mol. The lowest BCUT2D eigenvalue weighted by Crippen LogP contribution is -2.46. The number of rotatable bonds is 4. The summed E-state index contributed by atoms with van der Waals surface area (Å²) in [6.07, 6.45) is -0.565. The second-order valence-corrected chi connectivity index (χ2v) is 6.69. The van der Waals surface area contributed by atoms with E-state index in [2.05, 4.69) is 15.9 Å². The summed E-state index contributed by atoms with van der Waals surface area (Å²) in [6, 6.07) is 0. The Bertz CT molecular complexity index is 559. The predicted octanol–water partition coefficient (Wildman–Crippen LogP) is 2.14. The molecule has 1 aromatic heterocycles. The Hall–Kier alpha value is -1.12. The van der Waals surface area contributed by atoms with Gasteiger partial charge in [-0.1, -0.05) is 0 Å². The highest BCUT2D eigenvalue weighted by Crippen LogP contribution is 2.39. The van der Waals surface area contributed by atoms with Crippen molar-refractivity contribution < 1.29 is 24.2 Å². The van der Waals surface area contributed by atoms with Gasteiger partial charge in [0.1, 0.15) is 4.88 Å². The summed E-state index contributed by atoms with van der Waals surface area (Å²) in [6.45, 7) is 2.98. The molecule has 8 heteroatoms. The molecule has 0 aromatic carbocycles. The number of morpholine rings is 1. The van der Waals surface area contributed by atoms with Crippen LogP contribution in [0.5, 0.6) is 5.75 Å². The van der Waals surface area contributed by atoms with Crippen LogP contribution in [0.1, 0.15) is 21.0 Å². The van der Waals surface area contributed by atoms with Gasteiger partial charge in [-0.3, -0.25) is 9.59 Å². The fourth-order valence-electron chi connectivity index (χ4n) is 2.19. The lowest BCUT2D eigenvalue weighted by atomic mass is 10.2. The lowest BCUT2D eigenvalue weighted by molar-refractivity contribution is -0.141. The van der Waals surface area contributed by atoms with Gasteiger partial charge in [0.15, 0.2) is 5.75 Å². The number of carboxylic acids is 1. The molecule has 2 rings (SSSR count). The average Bonchev–Trinajstić information content (AvgIpc) is 2.73. The van der Waals surface area contributed by atoms with Crippen LogP contribution < -0.4 is 4.74 Å². The van der Waals surface area contributed by atoms with Gasteiger partial charge in [-0.05, 0) is 22.9 Å². The fourth-order valence-corrected chi connectivity index (χ4v) is 3.91. The standard InChI is InChI=1S/C13H16BrNO5S/c1-7-10(14)11(19-2)12(21-7)13(18)15-3-4-20-8(6-15)5-9(16)17/h8H,3-6H2,1-2H3,(H,16,17)/t8-/m0/s1. The Labute approximate surface area is 134 Å². The van der Waals surface area contributed by atoms with Crippen LogP contribution in [0.3, 0.4) is 0 Å². The highest BCUT2D eigenvalue weighted by Gasteiger charge is 2.30. The summed E-state index contributed by atoms with van der Waals surface area (Å²) in [5.74, 6) is -0.547. The second kappa shape index (κ2) is 6.76. The van der Waals surface area contributed by atoms with Crippen LogP contribution in [0.15, 0.2) is 4.47 Å². The third-order valence-corrected chi connectivity index (χ3v) is 5.49. The molecule has 0 radical (unpaired) electrons. The first-order chi connectivity index (χ1) is 9.93. The molecule has 1 aromatic rings. The zero-order chi connectivity index (χ0) is 15.6. The molecule has 116 valence electrons. The number of carboxylic acid groups (broad SMARTS) is 1. The van der Waals surface area contributed by atoms with Crippen molar-refractivity contribution in [2.75, 3.05) is 26.8 Å². The summed E-state index contributed by atoms with van der Waals surface area (Å²) in [4.78, 5) is 26.5. The van der Waals surface area contributed by atoms with Gasteiger partial charge < -0.3 is 19.5 Å². The minimum absolute atomic E-state index is 0.103. The van der Waals surface area contributed by atoms with E-state index in [-0.39, 0.29) is 18.9 Å². The Kier molecular flexibility index (Phi) is 5.23. The number of nitrogens with zero attached hydrogens (tertiary/aromatic N) is 1. The second-order valence-electron chi connectivity index (χ2n) is 4.68. The number of amides is 1. The molecule has 1 amide bonds. The third kappa shape index (κ3) is 3.56. The normalized spacial score (nSPS) is 18.6. The van der Waals surface area contributed by atoms with E-state index in [1.807, 2.05) is 6.92 Å². The van der Waals surface area contributed by atoms with Crippen molar-refractivity contribution >= 4 is 39.1 Å². The first-order valence-electron chi connectivity index (χ1n) is 6.39. The molecule has 0 aliphatic carbocycles. The first kappa shape index (κ1) is 16.3. The zero-order valence-electron chi connectivity index (χ0n) is 11.7. The van der Waals surface area contributed by atoms with Crippen molar-refractivity contribution in [3.63, 3.8) is 0 Å². The van der Waals surface area contributed by atoms with E-state index >= 15 is 0 Å². The van der Waals surface area contributed by atoms with E-state index in [4.69, 9.17) is 14.6 Å². The van der Waals surface area contributed by atoms with Gasteiger partial charge in [0, 0.05) is 18.0 Å². The Morgan fingerprint density at radius 1 is 1.57 bits per heavy atom. The van der Waals surface area contributed by atoms with Gasteiger partial charge in [0.05, 0.1) is 30.7 Å². The maximum atomic E-state index is 12.6. The van der Waals surface area contributed by atoms with E-state index in [0.29, 0.717) is 23.8 Å². The molecule has 0 saturated carbocycles. The Morgan fingerprint density at radius 2 is 2.29 bits per heavy atom. The number of hydrogen-bond donors (Lipinski definition) is 1. The van der Waals surface area contributed by atoms with Gasteiger partial charge in [0.25, 0.3) is 5.91 Å². The molecule has 2 heterocycles. The molecule has 1 N–H and O–H groups in total. The van der Waals surface area contributed by atoms with E-state index in [1.165, 1.54) is 18.4 Å². The zero-order valence-corrected chi connectivity index (χ0v) is 14.1. The summed E-state index contributed by atoms with van der Waals surface area (Å²) >= 11 is 4.77. The quantitative estimate of drug-likeness (QED) is 0.869. The number of aryl methyl sites for hydroxylation is 1. The van der Waals surface area contributed by atoms with Gasteiger partial charge >= 0.3 is 5.97 Å². The maximum absolute atomic E-state index is 12.6. The highest BCUT2D eigenvalue weighted by atomic mass is 79.9. The Morgan fingerprint density at radius 3 is 2.90 bits per heavy atom. The molecule has 1 aliphatic rings. The van der Waals surface area contributed by atoms with Crippen molar-refractivity contribution in [1.29, 1.82) is 0 Å². The molecule has 1 atom stereocenters. The van der Waals surface area contributed by atoms with Crippen LogP contribution in [-0.2, 0) is 9.53 Å². The molecule has 0 spiro atoms. The third-order valence-electron chi connectivity index (χ3n) is 3.20. The molecule has 6 nitrogen and oxygen atoms in total. The average molecular weight is 378 g/mol. The van der Waals surface area contributed by atoms with Gasteiger partial charge in [-0.2, -0.15) is 0 Å². The lowest BCUT2D eigenvalue weighted by Gasteiger charge is -2.32. The highest BCUT2D eigenvalue weighted by molar-refractivity contribution is 9.10. The molecule has 0 unspecified atom stereocenters. The minimum atomic E-state index is -0.929. The first-order valence-corrected chi connectivity index (χ1v) is 8.00. The number of ether oxygens (including phenoxy) is 2. The largest absolute Gasteiger partial charge is 0.494 e. The number of methoxy groups -OCH3 is 1. The maximum Gasteiger partial charge on any atom is 0.306 e. The van der Waals surface area contributed by atoms with Gasteiger partial charge in [-0.25, -0.2) is 0 Å². The molecule has 21 heavy (non-hydrogen) atoms. The molecule has 0 bridgehead atoms. The molecular formula is C13H16BrNO5S. The number of hydrogen-bond acceptors (Lipinski definition) is 5. The van der Waals surface area contributed by atoms with Crippen LogP contribution >= 0.6 is 27.3 Å². The monoisotopic (exact) mass is 377 g/mol. The van der Waals surface area contributed by atoms with E-state index in [9.17, 15) is 9.59 Å². The number of carbonyl (C=O) groups is 2. The molecule has 1 aliphatic heterocycles. The van der Waals surface area contributed by atoms with E-state index < -0.39 is 12.1 Å². The SMILES string of the molecule is COc1c(C(=O)N2CCO[C@@H](CC(=O)O)C2)sc(C)c1Br. The minimum Gasteiger partial charge on any atom is -0.494 e. The summed E-state index contributed by atoms with van der Waals surface area (Å²) in [7, 11) is 1.52. The number of aliphatic carboxylic acids is 1. The van der Waals surface area contributed by atoms with Crippen molar-refractivity contribution in [3.05, 3.63) is 14.2 Å².